The van der Waals surface area contributed by atoms with Gasteiger partial charge in [-0.3, -0.25) is 0 Å². The number of aromatic nitrogens is 1. The van der Waals surface area contributed by atoms with Crippen LogP contribution in [0.1, 0.15) is 25.3 Å². The summed E-state index contributed by atoms with van der Waals surface area (Å²) in [7, 11) is 0. The van der Waals surface area contributed by atoms with Crippen molar-refractivity contribution in [3.05, 3.63) is 28.8 Å². The van der Waals surface area contributed by atoms with E-state index < -0.39 is 5.95 Å². The molecule has 1 heterocycles. The molecular formula is C8H9ClFN. The van der Waals surface area contributed by atoms with Gasteiger partial charge >= 0.3 is 0 Å². The van der Waals surface area contributed by atoms with Gasteiger partial charge in [-0.05, 0) is 12.0 Å². The Morgan fingerprint density at radius 1 is 1.55 bits per heavy atom. The molecule has 0 fully saturated rings. The second-order valence-corrected chi connectivity index (χ2v) is 3.12. The van der Waals surface area contributed by atoms with E-state index in [0.717, 1.165) is 0 Å². The number of hydrogen-bond acceptors (Lipinski definition) is 1. The van der Waals surface area contributed by atoms with Crippen LogP contribution < -0.4 is 0 Å². The van der Waals surface area contributed by atoms with Crippen molar-refractivity contribution < 1.29 is 4.39 Å². The lowest BCUT2D eigenvalue weighted by Gasteiger charge is -2.04. The van der Waals surface area contributed by atoms with Crippen LogP contribution in [0.3, 0.4) is 0 Å². The molecule has 0 atom stereocenters. The largest absolute Gasteiger partial charge is 0.227 e. The van der Waals surface area contributed by atoms with Crippen molar-refractivity contribution >= 4 is 11.6 Å². The van der Waals surface area contributed by atoms with E-state index in [2.05, 4.69) is 4.98 Å². The van der Waals surface area contributed by atoms with Gasteiger partial charge in [0.1, 0.15) is 0 Å². The van der Waals surface area contributed by atoms with Crippen molar-refractivity contribution in [3.8, 4) is 0 Å². The molecule has 0 amide bonds. The zero-order valence-corrected chi connectivity index (χ0v) is 7.19. The fourth-order valence-electron chi connectivity index (χ4n) is 0.843. The summed E-state index contributed by atoms with van der Waals surface area (Å²) in [4.78, 5) is 3.50. The van der Waals surface area contributed by atoms with Gasteiger partial charge in [-0.2, -0.15) is 4.39 Å². The molecule has 0 bridgehead atoms. The van der Waals surface area contributed by atoms with Crippen LogP contribution in [-0.4, -0.2) is 4.98 Å². The van der Waals surface area contributed by atoms with Gasteiger partial charge in [-0.1, -0.05) is 25.4 Å². The SMILES string of the molecule is CC(C)c1cc(Cl)cnc1F. The van der Waals surface area contributed by atoms with Crippen LogP contribution in [0.4, 0.5) is 4.39 Å². The maximum absolute atomic E-state index is 12.9. The van der Waals surface area contributed by atoms with Crippen molar-refractivity contribution in [1.82, 2.24) is 4.98 Å². The quantitative estimate of drug-likeness (QED) is 0.595. The van der Waals surface area contributed by atoms with Gasteiger partial charge in [0, 0.05) is 11.8 Å². The predicted molar refractivity (Wildman–Crippen MR) is 43.3 cm³/mol. The fraction of sp³-hybridized carbons (Fsp3) is 0.375. The van der Waals surface area contributed by atoms with Crippen LogP contribution in [0, 0.1) is 5.95 Å². The molecule has 0 aromatic carbocycles. The van der Waals surface area contributed by atoms with Crippen LogP contribution in [0.25, 0.3) is 0 Å². The van der Waals surface area contributed by atoms with E-state index in [0.29, 0.717) is 10.6 Å². The summed E-state index contributed by atoms with van der Waals surface area (Å²) in [6, 6.07) is 1.61. The summed E-state index contributed by atoms with van der Waals surface area (Å²) < 4.78 is 12.9. The average Bonchev–Trinajstić information content (AvgIpc) is 1.94. The topological polar surface area (TPSA) is 12.9 Å². The molecule has 0 spiro atoms. The minimum Gasteiger partial charge on any atom is -0.227 e. The Hall–Kier alpha value is -0.630. The molecule has 0 radical (unpaired) electrons. The van der Waals surface area contributed by atoms with E-state index in [9.17, 15) is 4.39 Å². The Balaban J connectivity index is 3.13. The molecular weight excluding hydrogens is 165 g/mol. The minimum atomic E-state index is -0.426. The Bertz CT molecular complexity index is 260. The Morgan fingerprint density at radius 3 is 2.64 bits per heavy atom. The smallest absolute Gasteiger partial charge is 0.216 e. The maximum Gasteiger partial charge on any atom is 0.216 e. The van der Waals surface area contributed by atoms with Gasteiger partial charge in [0.15, 0.2) is 0 Å². The lowest BCUT2D eigenvalue weighted by molar-refractivity contribution is 0.557. The van der Waals surface area contributed by atoms with Crippen LogP contribution in [0.2, 0.25) is 5.02 Å². The van der Waals surface area contributed by atoms with Crippen molar-refractivity contribution in [2.75, 3.05) is 0 Å². The van der Waals surface area contributed by atoms with Crippen LogP contribution >= 0.6 is 11.6 Å². The fourth-order valence-corrected chi connectivity index (χ4v) is 1.01. The molecule has 11 heavy (non-hydrogen) atoms. The minimum absolute atomic E-state index is 0.126. The summed E-state index contributed by atoms with van der Waals surface area (Å²) in [5, 5.41) is 0.482. The average molecular weight is 174 g/mol. The number of nitrogens with zero attached hydrogens (tertiary/aromatic N) is 1. The molecule has 3 heteroatoms. The maximum atomic E-state index is 12.9. The van der Waals surface area contributed by atoms with E-state index in [1.807, 2.05) is 13.8 Å². The molecule has 0 aliphatic carbocycles. The van der Waals surface area contributed by atoms with Gasteiger partial charge in [0.2, 0.25) is 5.95 Å². The summed E-state index contributed by atoms with van der Waals surface area (Å²) in [6.45, 7) is 3.80. The second-order valence-electron chi connectivity index (χ2n) is 2.69. The van der Waals surface area contributed by atoms with E-state index >= 15 is 0 Å². The van der Waals surface area contributed by atoms with Crippen molar-refractivity contribution in [2.45, 2.75) is 19.8 Å². The molecule has 1 aromatic rings. The zero-order chi connectivity index (χ0) is 8.43. The van der Waals surface area contributed by atoms with Gasteiger partial charge in [-0.15, -0.1) is 0 Å². The monoisotopic (exact) mass is 173 g/mol. The van der Waals surface area contributed by atoms with Crippen LogP contribution in [0.5, 0.6) is 0 Å². The first-order chi connectivity index (χ1) is 5.11. The van der Waals surface area contributed by atoms with Crippen molar-refractivity contribution in [1.29, 1.82) is 0 Å². The van der Waals surface area contributed by atoms with Crippen molar-refractivity contribution in [2.24, 2.45) is 0 Å². The molecule has 0 aliphatic heterocycles. The predicted octanol–water partition coefficient (Wildman–Crippen LogP) is 3.00. The highest BCUT2D eigenvalue weighted by Crippen LogP contribution is 2.19. The van der Waals surface area contributed by atoms with Crippen molar-refractivity contribution in [3.63, 3.8) is 0 Å². The molecule has 0 unspecified atom stereocenters. The Kier molecular flexibility index (Phi) is 2.45. The van der Waals surface area contributed by atoms with E-state index in [1.165, 1.54) is 6.20 Å². The number of hydrogen-bond donors (Lipinski definition) is 0. The molecule has 0 saturated carbocycles. The molecule has 1 nitrogen and oxygen atoms in total. The first-order valence-electron chi connectivity index (χ1n) is 3.42. The second kappa shape index (κ2) is 3.18. The number of halogens is 2. The lowest BCUT2D eigenvalue weighted by Crippen LogP contribution is -1.95. The number of rotatable bonds is 1. The highest BCUT2D eigenvalue weighted by atomic mass is 35.5. The summed E-state index contributed by atoms with van der Waals surface area (Å²) in [5.74, 6) is -0.300. The molecule has 0 N–H and O–H groups in total. The van der Waals surface area contributed by atoms with E-state index in [4.69, 9.17) is 11.6 Å². The molecule has 0 aliphatic rings. The first kappa shape index (κ1) is 8.47. The third-order valence-corrected chi connectivity index (χ3v) is 1.66. The third-order valence-electron chi connectivity index (χ3n) is 1.45. The highest BCUT2D eigenvalue weighted by Gasteiger charge is 2.07. The molecule has 0 saturated heterocycles. The summed E-state index contributed by atoms with van der Waals surface area (Å²) in [6.07, 6.45) is 1.31. The Labute approximate surface area is 70.2 Å². The van der Waals surface area contributed by atoms with Gasteiger partial charge in [0.25, 0.3) is 0 Å². The lowest BCUT2D eigenvalue weighted by atomic mass is 10.1. The third kappa shape index (κ3) is 1.90. The van der Waals surface area contributed by atoms with Gasteiger partial charge in [0.05, 0.1) is 5.02 Å². The summed E-state index contributed by atoms with van der Waals surface area (Å²) >= 11 is 5.63. The van der Waals surface area contributed by atoms with Crippen LogP contribution in [-0.2, 0) is 0 Å². The highest BCUT2D eigenvalue weighted by molar-refractivity contribution is 6.30. The van der Waals surface area contributed by atoms with Crippen LogP contribution in [0.15, 0.2) is 12.3 Å². The normalized spacial score (nSPS) is 10.6. The number of pyridine rings is 1. The summed E-state index contributed by atoms with van der Waals surface area (Å²) in [5.41, 5.74) is 0.567. The molecule has 1 aromatic heterocycles. The molecule has 1 rings (SSSR count). The van der Waals surface area contributed by atoms with E-state index in [-0.39, 0.29) is 5.92 Å². The zero-order valence-electron chi connectivity index (χ0n) is 6.44. The van der Waals surface area contributed by atoms with Gasteiger partial charge in [-0.25, -0.2) is 4.98 Å². The van der Waals surface area contributed by atoms with E-state index in [1.54, 1.807) is 6.07 Å². The molecule has 60 valence electrons. The Morgan fingerprint density at radius 2 is 2.18 bits per heavy atom. The standard InChI is InChI=1S/C8H9ClFN/c1-5(2)7-3-6(9)4-11-8(7)10/h3-5H,1-2H3. The first-order valence-corrected chi connectivity index (χ1v) is 3.80. The van der Waals surface area contributed by atoms with Gasteiger partial charge < -0.3 is 0 Å².